The number of fused-ring (bicyclic) bond motifs is 6. The second kappa shape index (κ2) is 7.79. The van der Waals surface area contributed by atoms with E-state index in [1.165, 1.54) is 44.5 Å². The van der Waals surface area contributed by atoms with Crippen LogP contribution in [-0.2, 0) is 39.0 Å². The molecule has 2 aliphatic rings. The molecule has 0 saturated heterocycles. The molecule has 126 valence electrons. The van der Waals surface area contributed by atoms with Gasteiger partial charge in [0.1, 0.15) is 0 Å². The Morgan fingerprint density at radius 1 is 0.481 bits per heavy atom. The first kappa shape index (κ1) is 18.1. The summed E-state index contributed by atoms with van der Waals surface area (Å²) < 4.78 is 0. The minimum Gasteiger partial charge on any atom is -0.179 e. The van der Waals surface area contributed by atoms with Gasteiger partial charge in [0.05, 0.1) is 0 Å². The van der Waals surface area contributed by atoms with Crippen LogP contribution >= 0.6 is 0 Å². The van der Waals surface area contributed by atoms with Gasteiger partial charge in [-0.05, 0) is 12.8 Å². The first-order valence-electron chi connectivity index (χ1n) is 9.06. The average molecular weight is 422 g/mol. The molecule has 0 unspecified atom stereocenters. The number of benzene rings is 4. The fraction of sp³-hybridized carbons (Fsp3) is 0.0769. The molecule has 0 fully saturated rings. The van der Waals surface area contributed by atoms with Gasteiger partial charge in [-0.3, -0.25) is 0 Å². The van der Waals surface area contributed by atoms with Crippen molar-refractivity contribution in [3.8, 4) is 22.3 Å². The summed E-state index contributed by atoms with van der Waals surface area (Å²) in [6.07, 6.45) is 2.10. The quantitative estimate of drug-likeness (QED) is 0.259. The topological polar surface area (TPSA) is 0 Å². The molecule has 0 spiro atoms. The predicted molar refractivity (Wildman–Crippen MR) is 107 cm³/mol. The minimum atomic E-state index is 0. The van der Waals surface area contributed by atoms with E-state index in [1.807, 2.05) is 12.1 Å². The summed E-state index contributed by atoms with van der Waals surface area (Å²) in [5, 5.41) is 0. The molecular formula is C26H18Zr. The summed E-state index contributed by atoms with van der Waals surface area (Å²) in [5.41, 5.74) is 11.0. The Balaban J connectivity index is 0.000000129. The van der Waals surface area contributed by atoms with Crippen LogP contribution in [0.5, 0.6) is 0 Å². The monoisotopic (exact) mass is 420 g/mol. The molecule has 0 nitrogen and oxygen atoms in total. The standard InChI is InChI=1S/2C13H9.Zr/c2*1-3-7-12-10(5-1)9-11-6-2-4-8-13(11)12;/h2*1-5,7-8H,9H2;/q2*-1;+2. The van der Waals surface area contributed by atoms with Crippen molar-refractivity contribution in [2.24, 2.45) is 0 Å². The van der Waals surface area contributed by atoms with Gasteiger partial charge in [0.2, 0.25) is 0 Å². The Kier molecular flexibility index (Phi) is 5.23. The molecule has 0 aliphatic heterocycles. The molecular weight excluding hydrogens is 404 g/mol. The zero-order valence-corrected chi connectivity index (χ0v) is 17.5. The summed E-state index contributed by atoms with van der Waals surface area (Å²) in [7, 11) is 0. The van der Waals surface area contributed by atoms with Crippen LogP contribution < -0.4 is 0 Å². The van der Waals surface area contributed by atoms with E-state index in [9.17, 15) is 0 Å². The van der Waals surface area contributed by atoms with E-state index in [4.69, 9.17) is 0 Å². The van der Waals surface area contributed by atoms with Crippen molar-refractivity contribution in [2.75, 3.05) is 0 Å². The molecule has 4 aromatic rings. The molecule has 27 heavy (non-hydrogen) atoms. The molecule has 0 bridgehead atoms. The molecule has 0 aromatic heterocycles. The smallest absolute Gasteiger partial charge is 0.179 e. The van der Waals surface area contributed by atoms with Crippen LogP contribution in [0.3, 0.4) is 0 Å². The van der Waals surface area contributed by atoms with E-state index < -0.39 is 0 Å². The molecule has 0 heterocycles. The maximum absolute atomic E-state index is 3.30. The van der Waals surface area contributed by atoms with Crippen molar-refractivity contribution in [3.63, 3.8) is 0 Å². The van der Waals surface area contributed by atoms with Crippen LogP contribution in [0.2, 0.25) is 0 Å². The third-order valence-corrected chi connectivity index (χ3v) is 5.23. The van der Waals surface area contributed by atoms with E-state index in [-0.39, 0.29) is 26.2 Å². The van der Waals surface area contributed by atoms with Crippen LogP contribution in [0.15, 0.2) is 84.9 Å². The van der Waals surface area contributed by atoms with Crippen LogP contribution in [0.4, 0.5) is 0 Å². The predicted octanol–water partition coefficient (Wildman–Crippen LogP) is 6.11. The Hall–Kier alpha value is -2.24. The van der Waals surface area contributed by atoms with Gasteiger partial charge in [-0.25, -0.2) is 0 Å². The summed E-state index contributed by atoms with van der Waals surface area (Å²) >= 11 is 0. The number of rotatable bonds is 0. The van der Waals surface area contributed by atoms with Gasteiger partial charge in [0, 0.05) is 0 Å². The van der Waals surface area contributed by atoms with Crippen LogP contribution in [0, 0.1) is 12.1 Å². The Morgan fingerprint density at radius 3 is 1.37 bits per heavy atom. The van der Waals surface area contributed by atoms with Crippen LogP contribution in [0.1, 0.15) is 22.3 Å². The fourth-order valence-electron chi connectivity index (χ4n) is 4.00. The largest absolute Gasteiger partial charge is 2.00 e. The zero-order valence-electron chi connectivity index (χ0n) is 15.0. The van der Waals surface area contributed by atoms with E-state index >= 15 is 0 Å². The Bertz CT molecular complexity index is 918. The van der Waals surface area contributed by atoms with E-state index in [1.54, 1.807) is 0 Å². The van der Waals surface area contributed by atoms with Gasteiger partial charge in [0.15, 0.2) is 0 Å². The van der Waals surface area contributed by atoms with Crippen molar-refractivity contribution < 1.29 is 26.2 Å². The van der Waals surface area contributed by atoms with Gasteiger partial charge in [-0.15, -0.1) is 11.1 Å². The van der Waals surface area contributed by atoms with Crippen molar-refractivity contribution >= 4 is 0 Å². The van der Waals surface area contributed by atoms with Crippen LogP contribution in [0.25, 0.3) is 22.3 Å². The summed E-state index contributed by atoms with van der Waals surface area (Å²) in [4.78, 5) is 0. The first-order valence-corrected chi connectivity index (χ1v) is 9.06. The second-order valence-corrected chi connectivity index (χ2v) is 6.79. The maximum Gasteiger partial charge on any atom is 2.00 e. The zero-order chi connectivity index (χ0) is 17.3. The van der Waals surface area contributed by atoms with Crippen molar-refractivity contribution in [3.05, 3.63) is 119 Å². The molecule has 6 rings (SSSR count). The van der Waals surface area contributed by atoms with Gasteiger partial charge in [-0.1, -0.05) is 70.8 Å². The van der Waals surface area contributed by atoms with Gasteiger partial charge in [-0.2, -0.15) is 59.7 Å². The average Bonchev–Trinajstić information content (AvgIpc) is 3.27. The van der Waals surface area contributed by atoms with Crippen molar-refractivity contribution in [2.45, 2.75) is 12.8 Å². The summed E-state index contributed by atoms with van der Waals surface area (Å²) in [6, 6.07) is 36.2. The molecule has 0 saturated carbocycles. The summed E-state index contributed by atoms with van der Waals surface area (Å²) in [5.74, 6) is 0. The third kappa shape index (κ3) is 3.37. The molecule has 4 aromatic carbocycles. The van der Waals surface area contributed by atoms with E-state index in [0.29, 0.717) is 0 Å². The van der Waals surface area contributed by atoms with Gasteiger partial charge < -0.3 is 0 Å². The second-order valence-electron chi connectivity index (χ2n) is 6.79. The number of hydrogen-bond acceptors (Lipinski definition) is 0. The van der Waals surface area contributed by atoms with Gasteiger partial charge >= 0.3 is 26.2 Å². The molecule has 0 N–H and O–H groups in total. The molecule has 0 atom stereocenters. The van der Waals surface area contributed by atoms with Crippen molar-refractivity contribution in [1.29, 1.82) is 0 Å². The first-order chi connectivity index (χ1) is 12.9. The fourth-order valence-corrected chi connectivity index (χ4v) is 4.00. The van der Waals surface area contributed by atoms with Crippen molar-refractivity contribution in [1.82, 2.24) is 0 Å². The third-order valence-electron chi connectivity index (χ3n) is 5.23. The summed E-state index contributed by atoms with van der Waals surface area (Å²) in [6.45, 7) is 0. The van der Waals surface area contributed by atoms with E-state index in [2.05, 4.69) is 84.9 Å². The SMILES string of the molecule is [Zr+2].[c-]1cccc2c1Cc1ccccc1-2.[c-]1cccc2c1Cc1ccccc1-2. The Labute approximate surface area is 180 Å². The van der Waals surface area contributed by atoms with Gasteiger partial charge in [0.25, 0.3) is 0 Å². The van der Waals surface area contributed by atoms with Crippen LogP contribution in [-0.4, -0.2) is 0 Å². The molecule has 0 radical (unpaired) electrons. The Morgan fingerprint density at radius 2 is 0.889 bits per heavy atom. The van der Waals surface area contributed by atoms with E-state index in [0.717, 1.165) is 12.8 Å². The molecule has 0 amide bonds. The number of hydrogen-bond donors (Lipinski definition) is 0. The molecule has 1 heteroatoms. The normalized spacial score (nSPS) is 11.9. The molecule has 2 aliphatic carbocycles. The maximum atomic E-state index is 3.30. The minimum absolute atomic E-state index is 0.